The zero-order chi connectivity index (χ0) is 26.5. The quantitative estimate of drug-likeness (QED) is 0.498. The molecule has 2 aromatic rings. The zero-order valence-corrected chi connectivity index (χ0v) is 21.6. The average molecular weight is 567 g/mol. The summed E-state index contributed by atoms with van der Waals surface area (Å²) >= 11 is 3.44. The number of aliphatic carboxylic acids is 1. The molecule has 37 heavy (non-hydrogen) atoms. The number of hydrogen-bond acceptors (Lipinski definition) is 5. The lowest BCUT2D eigenvalue weighted by Gasteiger charge is -2.54. The second-order valence-electron chi connectivity index (χ2n) is 9.08. The normalized spacial score (nSPS) is 21.8. The van der Waals surface area contributed by atoms with Crippen LogP contribution in [-0.2, 0) is 27.3 Å². The van der Waals surface area contributed by atoms with E-state index in [9.17, 15) is 24.3 Å². The molecule has 9 nitrogen and oxygen atoms in total. The standard InChI is InChI=1S/C27H27BrN4O5/c1-2-11-30-17-24(33)31-22(15-25(34)35)26(36)20(12-19-9-6-10-21(28)13-19)14-23(31)32(30)27(37)29-16-18-7-4-3-5-8-18/h1,3-10,13,20,22-23H,11-12,14-17H2,(H,29,37)(H,34,35)/t20?,22-,23-/m0/s1. The lowest BCUT2D eigenvalue weighted by Crippen LogP contribution is -2.73. The largest absolute Gasteiger partial charge is 0.481 e. The van der Waals surface area contributed by atoms with Crippen LogP contribution in [0.2, 0.25) is 0 Å². The highest BCUT2D eigenvalue weighted by Gasteiger charge is 2.52. The maximum absolute atomic E-state index is 13.5. The van der Waals surface area contributed by atoms with Crippen molar-refractivity contribution in [2.24, 2.45) is 5.92 Å². The molecule has 4 rings (SSSR count). The Kier molecular flexibility index (Phi) is 8.26. The molecule has 2 aliphatic heterocycles. The van der Waals surface area contributed by atoms with E-state index in [0.29, 0.717) is 6.42 Å². The number of benzene rings is 2. The lowest BCUT2D eigenvalue weighted by atomic mass is 9.81. The molecule has 1 unspecified atom stereocenters. The molecule has 2 heterocycles. The number of Topliss-reactive ketones (excluding diaryl/α,β-unsaturated/α-hetero) is 1. The van der Waals surface area contributed by atoms with E-state index in [2.05, 4.69) is 27.2 Å². The average Bonchev–Trinajstić information content (AvgIpc) is 2.86. The van der Waals surface area contributed by atoms with Gasteiger partial charge in [-0.15, -0.1) is 6.42 Å². The smallest absolute Gasteiger partial charge is 0.334 e. The number of nitrogens with one attached hydrogen (secondary N) is 1. The van der Waals surface area contributed by atoms with E-state index in [1.165, 1.54) is 14.9 Å². The minimum atomic E-state index is -1.20. The Labute approximate surface area is 223 Å². The third kappa shape index (κ3) is 6.01. The van der Waals surface area contributed by atoms with Crippen LogP contribution in [0.25, 0.3) is 0 Å². The Balaban J connectivity index is 1.67. The van der Waals surface area contributed by atoms with E-state index >= 15 is 0 Å². The molecule has 2 aliphatic rings. The molecule has 2 fully saturated rings. The Bertz CT molecular complexity index is 1230. The van der Waals surface area contributed by atoms with E-state index in [1.807, 2.05) is 54.6 Å². The second kappa shape index (κ2) is 11.6. The van der Waals surface area contributed by atoms with Crippen molar-refractivity contribution in [1.29, 1.82) is 0 Å². The van der Waals surface area contributed by atoms with Crippen LogP contribution in [0.1, 0.15) is 24.0 Å². The molecule has 192 valence electrons. The number of carboxylic acids is 1. The Morgan fingerprint density at radius 2 is 1.84 bits per heavy atom. The van der Waals surface area contributed by atoms with Gasteiger partial charge in [-0.3, -0.25) is 14.4 Å². The number of hydrogen-bond donors (Lipinski definition) is 2. The van der Waals surface area contributed by atoms with Crippen molar-refractivity contribution in [3.8, 4) is 12.3 Å². The van der Waals surface area contributed by atoms with Gasteiger partial charge in [-0.1, -0.05) is 64.3 Å². The topological polar surface area (TPSA) is 110 Å². The monoisotopic (exact) mass is 566 g/mol. The lowest BCUT2D eigenvalue weighted by molar-refractivity contribution is -0.184. The van der Waals surface area contributed by atoms with Gasteiger partial charge in [0.2, 0.25) is 5.91 Å². The van der Waals surface area contributed by atoms with Crippen LogP contribution in [0, 0.1) is 18.3 Å². The van der Waals surface area contributed by atoms with Gasteiger partial charge in [-0.25, -0.2) is 9.80 Å². The minimum Gasteiger partial charge on any atom is -0.481 e. The van der Waals surface area contributed by atoms with E-state index in [4.69, 9.17) is 6.42 Å². The van der Waals surface area contributed by atoms with E-state index in [1.54, 1.807) is 0 Å². The number of fused-ring (bicyclic) bond motifs is 1. The number of ketones is 1. The van der Waals surface area contributed by atoms with Gasteiger partial charge in [-0.05, 0) is 36.1 Å². The predicted molar refractivity (Wildman–Crippen MR) is 139 cm³/mol. The summed E-state index contributed by atoms with van der Waals surface area (Å²) in [6, 6.07) is 15.2. The Hall–Kier alpha value is -3.68. The van der Waals surface area contributed by atoms with Crippen molar-refractivity contribution in [3.63, 3.8) is 0 Å². The van der Waals surface area contributed by atoms with Gasteiger partial charge in [-0.2, -0.15) is 5.01 Å². The molecule has 2 saturated heterocycles. The van der Waals surface area contributed by atoms with Gasteiger partial charge >= 0.3 is 12.0 Å². The van der Waals surface area contributed by atoms with E-state index in [-0.39, 0.29) is 31.8 Å². The SMILES string of the molecule is C#CCN1CC(=O)N2[C@@H](CC(=O)O)C(=O)C(Cc3cccc(Br)c3)C[C@@H]2N1C(=O)NCc1ccccc1. The summed E-state index contributed by atoms with van der Waals surface area (Å²) in [6.07, 6.45) is 4.66. The number of piperidine rings is 1. The molecule has 2 N–H and O–H groups in total. The fraction of sp³-hybridized carbons (Fsp3) is 0.333. The van der Waals surface area contributed by atoms with Crippen LogP contribution < -0.4 is 5.32 Å². The molecule has 0 aromatic heterocycles. The molecule has 0 radical (unpaired) electrons. The predicted octanol–water partition coefficient (Wildman–Crippen LogP) is 2.65. The van der Waals surface area contributed by atoms with Gasteiger partial charge in [0.1, 0.15) is 12.2 Å². The zero-order valence-electron chi connectivity index (χ0n) is 20.0. The molecule has 2 aromatic carbocycles. The number of amides is 3. The number of rotatable bonds is 7. The van der Waals surface area contributed by atoms with Gasteiger partial charge < -0.3 is 15.3 Å². The first kappa shape index (κ1) is 26.4. The molecule has 0 saturated carbocycles. The van der Waals surface area contributed by atoms with Crippen molar-refractivity contribution in [2.45, 2.75) is 38.0 Å². The highest BCUT2D eigenvalue weighted by molar-refractivity contribution is 9.10. The summed E-state index contributed by atoms with van der Waals surface area (Å²) < 4.78 is 0.854. The van der Waals surface area contributed by atoms with Crippen molar-refractivity contribution in [3.05, 3.63) is 70.2 Å². The maximum Gasteiger partial charge on any atom is 0.334 e. The first-order chi connectivity index (χ1) is 17.8. The fourth-order valence-electron chi connectivity index (χ4n) is 5.01. The molecule has 3 atom stereocenters. The number of carboxylic acid groups (broad SMARTS) is 1. The summed E-state index contributed by atoms with van der Waals surface area (Å²) in [6.45, 7) is 0.0154. The summed E-state index contributed by atoms with van der Waals surface area (Å²) in [5, 5.41) is 15.3. The van der Waals surface area contributed by atoms with Crippen LogP contribution in [0.3, 0.4) is 0 Å². The number of nitrogens with zero attached hydrogens (tertiary/aromatic N) is 3. The molecule has 3 amide bonds. The van der Waals surface area contributed by atoms with Crippen LogP contribution in [-0.4, -0.2) is 69.0 Å². The van der Waals surface area contributed by atoms with Crippen molar-refractivity contribution >= 4 is 39.6 Å². The van der Waals surface area contributed by atoms with Gasteiger partial charge in [0.05, 0.1) is 19.5 Å². The van der Waals surface area contributed by atoms with Crippen LogP contribution in [0.4, 0.5) is 4.79 Å². The number of hydrazine groups is 1. The number of urea groups is 1. The summed E-state index contributed by atoms with van der Waals surface area (Å²) in [4.78, 5) is 53.2. The number of halogens is 1. The van der Waals surface area contributed by atoms with Crippen LogP contribution in [0.5, 0.6) is 0 Å². The number of carbonyl (C=O) groups is 4. The van der Waals surface area contributed by atoms with Gasteiger partial charge in [0.25, 0.3) is 0 Å². The Morgan fingerprint density at radius 1 is 1.11 bits per heavy atom. The molecular weight excluding hydrogens is 540 g/mol. The van der Waals surface area contributed by atoms with Crippen molar-refractivity contribution < 1.29 is 24.3 Å². The van der Waals surface area contributed by atoms with Crippen LogP contribution in [0.15, 0.2) is 59.1 Å². The molecule has 0 spiro atoms. The number of carbonyl (C=O) groups excluding carboxylic acids is 3. The van der Waals surface area contributed by atoms with Gasteiger partial charge in [0, 0.05) is 16.9 Å². The molecular formula is C27H27BrN4O5. The van der Waals surface area contributed by atoms with Gasteiger partial charge in [0.15, 0.2) is 5.78 Å². The molecule has 0 aliphatic carbocycles. The second-order valence-corrected chi connectivity index (χ2v) is 10.00. The maximum atomic E-state index is 13.5. The molecule has 0 bridgehead atoms. The molecule has 10 heteroatoms. The van der Waals surface area contributed by atoms with Crippen LogP contribution >= 0.6 is 15.9 Å². The summed E-state index contributed by atoms with van der Waals surface area (Å²) in [7, 11) is 0. The Morgan fingerprint density at radius 3 is 2.51 bits per heavy atom. The van der Waals surface area contributed by atoms with E-state index in [0.717, 1.165) is 15.6 Å². The minimum absolute atomic E-state index is 0.00266. The highest BCUT2D eigenvalue weighted by Crippen LogP contribution is 2.35. The third-order valence-electron chi connectivity index (χ3n) is 6.58. The van der Waals surface area contributed by atoms with Crippen molar-refractivity contribution in [2.75, 3.05) is 13.1 Å². The first-order valence-electron chi connectivity index (χ1n) is 11.9. The van der Waals surface area contributed by atoms with E-state index < -0.39 is 42.5 Å². The number of terminal acetylenes is 1. The fourth-order valence-corrected chi connectivity index (χ4v) is 5.46. The third-order valence-corrected chi connectivity index (χ3v) is 7.08. The first-order valence-corrected chi connectivity index (χ1v) is 12.7. The summed E-state index contributed by atoms with van der Waals surface area (Å²) in [5.74, 6) is -0.0556. The van der Waals surface area contributed by atoms with Crippen molar-refractivity contribution in [1.82, 2.24) is 20.2 Å². The summed E-state index contributed by atoms with van der Waals surface area (Å²) in [5.41, 5.74) is 1.78. The highest BCUT2D eigenvalue weighted by atomic mass is 79.9.